The lowest BCUT2D eigenvalue weighted by Crippen LogP contribution is -2.31. The maximum absolute atomic E-state index is 12.6. The molecular weight excluding hydrogens is 390 g/mol. The molecule has 0 spiro atoms. The molecule has 0 aliphatic heterocycles. The Morgan fingerprint density at radius 1 is 0.839 bits per heavy atom. The number of nitrogens with one attached hydrogen (secondary N) is 1. The molecule has 160 valence electrons. The molecule has 0 aliphatic carbocycles. The molecule has 0 aliphatic rings. The summed E-state index contributed by atoms with van der Waals surface area (Å²) in [6, 6.07) is 24.8. The molecule has 1 atom stereocenters. The number of esters is 1. The van der Waals surface area contributed by atoms with Gasteiger partial charge in [-0.2, -0.15) is 0 Å². The van der Waals surface area contributed by atoms with E-state index in [4.69, 9.17) is 9.47 Å². The first kappa shape index (κ1) is 22.1. The minimum absolute atomic E-state index is 0.262. The van der Waals surface area contributed by atoms with E-state index in [0.717, 1.165) is 16.7 Å². The molecule has 0 saturated heterocycles. The van der Waals surface area contributed by atoms with Crippen LogP contribution in [0.4, 0.5) is 5.69 Å². The van der Waals surface area contributed by atoms with Crippen LogP contribution >= 0.6 is 0 Å². The summed E-state index contributed by atoms with van der Waals surface area (Å²) >= 11 is 0. The molecule has 3 rings (SSSR count). The Hall–Kier alpha value is -3.60. The number of carbonyl (C=O) groups is 2. The van der Waals surface area contributed by atoms with Crippen LogP contribution in [0.15, 0.2) is 78.9 Å². The number of carbonyl (C=O) groups excluding carboxylic acids is 2. The van der Waals surface area contributed by atoms with Crippen molar-refractivity contribution in [2.75, 3.05) is 11.9 Å². The fourth-order valence-electron chi connectivity index (χ4n) is 3.21. The van der Waals surface area contributed by atoms with Crippen LogP contribution in [0.25, 0.3) is 11.1 Å². The molecule has 31 heavy (non-hydrogen) atoms. The number of amides is 1. The molecule has 0 saturated carbocycles. The third-order valence-electron chi connectivity index (χ3n) is 4.83. The van der Waals surface area contributed by atoms with Gasteiger partial charge in [-0.25, -0.2) is 4.79 Å². The lowest BCUT2D eigenvalue weighted by atomic mass is 10.0. The normalized spacial score (nSPS) is 11.6. The van der Waals surface area contributed by atoms with E-state index in [1.807, 2.05) is 78.9 Å². The Labute approximate surface area is 183 Å². The number of benzene rings is 3. The van der Waals surface area contributed by atoms with Crippen LogP contribution in [0.5, 0.6) is 5.75 Å². The van der Waals surface area contributed by atoms with Gasteiger partial charge in [0.1, 0.15) is 5.75 Å². The molecule has 0 radical (unpaired) electrons. The van der Waals surface area contributed by atoms with Crippen molar-refractivity contribution in [2.45, 2.75) is 32.8 Å². The lowest BCUT2D eigenvalue weighted by molar-refractivity contribution is -0.155. The van der Waals surface area contributed by atoms with E-state index >= 15 is 0 Å². The van der Waals surface area contributed by atoms with Gasteiger partial charge in [0.2, 0.25) is 0 Å². The van der Waals surface area contributed by atoms with E-state index in [0.29, 0.717) is 11.4 Å². The lowest BCUT2D eigenvalue weighted by Gasteiger charge is -2.17. The van der Waals surface area contributed by atoms with E-state index in [2.05, 4.69) is 19.2 Å². The number of rotatable bonds is 8. The average molecular weight is 418 g/mol. The van der Waals surface area contributed by atoms with Crippen molar-refractivity contribution in [3.63, 3.8) is 0 Å². The topological polar surface area (TPSA) is 64.6 Å². The summed E-state index contributed by atoms with van der Waals surface area (Å²) in [6.45, 7) is 5.39. The van der Waals surface area contributed by atoms with Gasteiger partial charge >= 0.3 is 5.97 Å². The highest BCUT2D eigenvalue weighted by Gasteiger charge is 2.20. The highest BCUT2D eigenvalue weighted by atomic mass is 16.6. The third-order valence-corrected chi connectivity index (χ3v) is 4.83. The van der Waals surface area contributed by atoms with Gasteiger partial charge in [-0.15, -0.1) is 0 Å². The Morgan fingerprint density at radius 2 is 1.48 bits per heavy atom. The van der Waals surface area contributed by atoms with Gasteiger partial charge in [0, 0.05) is 11.3 Å². The van der Waals surface area contributed by atoms with E-state index in [1.54, 1.807) is 6.92 Å². The summed E-state index contributed by atoms with van der Waals surface area (Å²) in [4.78, 5) is 24.8. The second-order valence-electron chi connectivity index (χ2n) is 7.51. The highest BCUT2D eigenvalue weighted by Crippen LogP contribution is 2.28. The summed E-state index contributed by atoms with van der Waals surface area (Å²) in [5.41, 5.74) is 3.55. The number of anilines is 1. The Kier molecular flexibility index (Phi) is 7.44. The van der Waals surface area contributed by atoms with Gasteiger partial charge in [0.25, 0.3) is 5.91 Å². The quantitative estimate of drug-likeness (QED) is 0.497. The Balaban J connectivity index is 1.59. The molecule has 0 heterocycles. The maximum Gasteiger partial charge on any atom is 0.344 e. The van der Waals surface area contributed by atoms with E-state index < -0.39 is 18.0 Å². The van der Waals surface area contributed by atoms with Crippen molar-refractivity contribution in [3.05, 3.63) is 84.4 Å². The number of hydrogen-bond donors (Lipinski definition) is 1. The number of ether oxygens (including phenoxy) is 2. The van der Waals surface area contributed by atoms with Crippen LogP contribution in [0.2, 0.25) is 0 Å². The number of hydrogen-bond acceptors (Lipinski definition) is 4. The second kappa shape index (κ2) is 10.4. The first-order valence-corrected chi connectivity index (χ1v) is 10.3. The van der Waals surface area contributed by atoms with E-state index in [1.165, 1.54) is 0 Å². The van der Waals surface area contributed by atoms with Gasteiger partial charge < -0.3 is 14.8 Å². The van der Waals surface area contributed by atoms with Gasteiger partial charge in [0.05, 0.1) is 0 Å². The van der Waals surface area contributed by atoms with Crippen LogP contribution in [0.3, 0.4) is 0 Å². The van der Waals surface area contributed by atoms with Crippen LogP contribution in [-0.2, 0) is 14.3 Å². The predicted octanol–water partition coefficient (Wildman–Crippen LogP) is 5.43. The van der Waals surface area contributed by atoms with Gasteiger partial charge in [0.15, 0.2) is 12.7 Å². The SMILES string of the molecule is CC(OC(=O)COc1ccccc1C(C)C)C(=O)Nc1ccccc1-c1ccccc1. The fourth-order valence-corrected chi connectivity index (χ4v) is 3.21. The second-order valence-corrected chi connectivity index (χ2v) is 7.51. The third kappa shape index (κ3) is 5.95. The predicted molar refractivity (Wildman–Crippen MR) is 122 cm³/mol. The molecule has 3 aromatic carbocycles. The Morgan fingerprint density at radius 3 is 2.23 bits per heavy atom. The van der Waals surface area contributed by atoms with Crippen LogP contribution in [-0.4, -0.2) is 24.6 Å². The summed E-state index contributed by atoms with van der Waals surface area (Å²) < 4.78 is 10.9. The van der Waals surface area contributed by atoms with Crippen molar-refractivity contribution in [1.82, 2.24) is 0 Å². The largest absolute Gasteiger partial charge is 0.482 e. The number of para-hydroxylation sites is 2. The van der Waals surface area contributed by atoms with Crippen molar-refractivity contribution in [3.8, 4) is 16.9 Å². The highest BCUT2D eigenvalue weighted by molar-refractivity contribution is 5.98. The molecule has 1 N–H and O–H groups in total. The maximum atomic E-state index is 12.6. The van der Waals surface area contributed by atoms with Crippen molar-refractivity contribution in [1.29, 1.82) is 0 Å². The molecule has 3 aromatic rings. The van der Waals surface area contributed by atoms with E-state index in [9.17, 15) is 9.59 Å². The van der Waals surface area contributed by atoms with E-state index in [-0.39, 0.29) is 12.5 Å². The zero-order valence-corrected chi connectivity index (χ0v) is 18.0. The summed E-state index contributed by atoms with van der Waals surface area (Å²) in [7, 11) is 0. The average Bonchev–Trinajstić information content (AvgIpc) is 2.78. The van der Waals surface area contributed by atoms with Crippen LogP contribution in [0, 0.1) is 0 Å². The smallest absolute Gasteiger partial charge is 0.344 e. The summed E-state index contributed by atoms with van der Waals surface area (Å²) in [6.07, 6.45) is -0.958. The van der Waals surface area contributed by atoms with Crippen molar-refractivity contribution in [2.24, 2.45) is 0 Å². The summed E-state index contributed by atoms with van der Waals surface area (Å²) in [5, 5.41) is 2.86. The molecule has 1 unspecified atom stereocenters. The molecule has 0 bridgehead atoms. The molecule has 5 heteroatoms. The zero-order valence-electron chi connectivity index (χ0n) is 18.0. The van der Waals surface area contributed by atoms with Gasteiger partial charge in [-0.05, 0) is 36.1 Å². The molecule has 5 nitrogen and oxygen atoms in total. The first-order valence-electron chi connectivity index (χ1n) is 10.3. The Bertz CT molecular complexity index is 1030. The van der Waals surface area contributed by atoms with Crippen molar-refractivity contribution < 1.29 is 19.1 Å². The monoisotopic (exact) mass is 417 g/mol. The minimum Gasteiger partial charge on any atom is -0.482 e. The standard InChI is InChI=1S/C26H27NO4/c1-18(2)21-13-8-10-16-24(21)30-17-25(28)31-19(3)26(29)27-23-15-9-7-14-22(23)20-11-5-4-6-12-20/h4-16,18-19H,17H2,1-3H3,(H,27,29). The van der Waals surface area contributed by atoms with Gasteiger partial charge in [-0.3, -0.25) is 4.79 Å². The molecule has 1 amide bonds. The zero-order chi connectivity index (χ0) is 22.2. The molecule has 0 aromatic heterocycles. The molecular formula is C26H27NO4. The van der Waals surface area contributed by atoms with Crippen molar-refractivity contribution >= 4 is 17.6 Å². The minimum atomic E-state index is -0.958. The molecule has 0 fully saturated rings. The first-order chi connectivity index (χ1) is 15.0. The van der Waals surface area contributed by atoms with Crippen LogP contribution < -0.4 is 10.1 Å². The van der Waals surface area contributed by atoms with Crippen LogP contribution in [0.1, 0.15) is 32.3 Å². The summed E-state index contributed by atoms with van der Waals surface area (Å²) in [5.74, 6) is -0.0955. The van der Waals surface area contributed by atoms with Gasteiger partial charge in [-0.1, -0.05) is 80.6 Å². The fraction of sp³-hybridized carbons (Fsp3) is 0.231.